The van der Waals surface area contributed by atoms with Crippen molar-refractivity contribution in [2.45, 2.75) is 38.9 Å². The van der Waals surface area contributed by atoms with Gasteiger partial charge in [0.2, 0.25) is 8.24 Å². The van der Waals surface area contributed by atoms with E-state index in [-0.39, 0.29) is 0 Å². The third-order valence-electron chi connectivity index (χ3n) is 7.31. The second-order valence-electron chi connectivity index (χ2n) is 8.80. The van der Waals surface area contributed by atoms with E-state index in [1.165, 1.54) is 39.4 Å². The molecule has 0 saturated heterocycles. The number of benzene rings is 3. The van der Waals surface area contributed by atoms with Crippen molar-refractivity contribution >= 4 is 37.7 Å². The van der Waals surface area contributed by atoms with E-state index in [0.29, 0.717) is 0 Å². The van der Waals surface area contributed by atoms with E-state index in [1.54, 1.807) is 0 Å². The molecular formula is C28H35N3Si2. The van der Waals surface area contributed by atoms with Crippen LogP contribution in [0.2, 0.25) is 18.1 Å². The Morgan fingerprint density at radius 2 is 1.06 bits per heavy atom. The van der Waals surface area contributed by atoms with Crippen LogP contribution in [0.4, 0.5) is 5.69 Å². The Hall–Kier alpha value is -2.90. The molecule has 0 bridgehead atoms. The molecule has 4 aromatic rings. The van der Waals surface area contributed by atoms with Crippen molar-refractivity contribution in [1.82, 2.24) is 9.78 Å². The van der Waals surface area contributed by atoms with Crippen LogP contribution in [-0.4, -0.2) is 26.3 Å². The summed E-state index contributed by atoms with van der Waals surface area (Å²) in [6.45, 7) is 7.22. The molecule has 1 aromatic heterocycles. The van der Waals surface area contributed by atoms with Gasteiger partial charge in [0, 0.05) is 13.2 Å². The van der Waals surface area contributed by atoms with Gasteiger partial charge in [0.05, 0.1) is 11.9 Å². The number of aryl methyl sites for hydroxylation is 1. The van der Waals surface area contributed by atoms with E-state index in [0.717, 1.165) is 0 Å². The minimum absolute atomic E-state index is 1.20. The van der Waals surface area contributed by atoms with E-state index in [1.807, 2.05) is 11.7 Å². The second kappa shape index (κ2) is 9.93. The monoisotopic (exact) mass is 469 g/mol. The molecule has 0 unspecified atom stereocenters. The number of anilines is 1. The van der Waals surface area contributed by atoms with Crippen molar-refractivity contribution in [1.29, 1.82) is 0 Å². The molecule has 3 aromatic carbocycles. The van der Waals surface area contributed by atoms with Crippen molar-refractivity contribution in [3.63, 3.8) is 0 Å². The van der Waals surface area contributed by atoms with Crippen LogP contribution in [0.1, 0.15) is 20.8 Å². The molecule has 0 fully saturated rings. The van der Waals surface area contributed by atoms with Crippen LogP contribution in [0.15, 0.2) is 103 Å². The maximum absolute atomic E-state index is 4.67. The normalized spacial score (nSPS) is 12.0. The largest absolute Gasteiger partial charge is 0.411 e. The molecule has 0 aliphatic rings. The molecule has 4 rings (SSSR count). The molecule has 0 atom stereocenters. The van der Waals surface area contributed by atoms with E-state index in [4.69, 9.17) is 0 Å². The van der Waals surface area contributed by atoms with E-state index in [9.17, 15) is 0 Å². The smallest absolute Gasteiger partial charge is 0.245 e. The van der Waals surface area contributed by atoms with Crippen LogP contribution in [0, 0.1) is 0 Å². The third-order valence-corrected chi connectivity index (χ3v) is 19.3. The zero-order valence-electron chi connectivity index (χ0n) is 20.3. The van der Waals surface area contributed by atoms with E-state index < -0.39 is 16.5 Å². The minimum atomic E-state index is -2.64. The van der Waals surface area contributed by atoms with Crippen LogP contribution < -0.4 is 19.8 Å². The minimum Gasteiger partial charge on any atom is -0.411 e. The quantitative estimate of drug-likeness (QED) is 0.257. The molecule has 1 heterocycles. The molecular weight excluding hydrogens is 435 g/mol. The summed E-state index contributed by atoms with van der Waals surface area (Å²) in [4.78, 5) is 0. The van der Waals surface area contributed by atoms with Crippen LogP contribution >= 0.6 is 0 Å². The van der Waals surface area contributed by atoms with Crippen molar-refractivity contribution in [2.24, 2.45) is 7.05 Å². The first-order valence-corrected chi connectivity index (χ1v) is 16.6. The molecule has 5 heteroatoms. The number of aromatic nitrogens is 2. The van der Waals surface area contributed by atoms with Crippen LogP contribution in [-0.2, 0) is 7.05 Å². The maximum Gasteiger partial charge on any atom is 0.245 e. The van der Waals surface area contributed by atoms with E-state index >= 15 is 0 Å². The van der Waals surface area contributed by atoms with Crippen molar-refractivity contribution in [2.75, 3.05) is 4.23 Å². The Labute approximate surface area is 200 Å². The molecule has 0 radical (unpaired) electrons. The predicted molar refractivity (Wildman–Crippen MR) is 147 cm³/mol. The van der Waals surface area contributed by atoms with Crippen LogP contribution in [0.5, 0.6) is 0 Å². The fourth-order valence-electron chi connectivity index (χ4n) is 5.50. The van der Waals surface area contributed by atoms with Gasteiger partial charge >= 0.3 is 0 Å². The lowest BCUT2D eigenvalue weighted by atomic mass is 10.3. The summed E-state index contributed by atoms with van der Waals surface area (Å²) in [6.07, 6.45) is 4.33. The fourth-order valence-corrected chi connectivity index (χ4v) is 18.3. The Kier molecular flexibility index (Phi) is 7.00. The average molecular weight is 470 g/mol. The van der Waals surface area contributed by atoms with Gasteiger partial charge in [0.1, 0.15) is 8.24 Å². The lowest BCUT2D eigenvalue weighted by molar-refractivity contribution is 0.768. The van der Waals surface area contributed by atoms with Gasteiger partial charge in [-0.05, 0) is 33.7 Å². The van der Waals surface area contributed by atoms with Crippen molar-refractivity contribution in [3.8, 4) is 0 Å². The SMILES string of the molecule is CC[Si](CC)(CC)N(c1cnn(C)c1)[Si](c1ccccc1)(c1ccccc1)c1ccccc1. The summed E-state index contributed by atoms with van der Waals surface area (Å²) in [7, 11) is -2.52. The lowest BCUT2D eigenvalue weighted by Crippen LogP contribution is -2.83. The van der Waals surface area contributed by atoms with Crippen LogP contribution in [0.25, 0.3) is 0 Å². The number of rotatable bonds is 9. The van der Waals surface area contributed by atoms with Gasteiger partial charge in [-0.2, -0.15) is 5.10 Å². The van der Waals surface area contributed by atoms with Gasteiger partial charge in [-0.1, -0.05) is 112 Å². The molecule has 0 saturated carbocycles. The highest BCUT2D eigenvalue weighted by atomic mass is 28.4. The van der Waals surface area contributed by atoms with Gasteiger partial charge in [-0.25, -0.2) is 0 Å². The van der Waals surface area contributed by atoms with Gasteiger partial charge < -0.3 is 4.23 Å². The molecule has 3 nitrogen and oxygen atoms in total. The highest BCUT2D eigenvalue weighted by Crippen LogP contribution is 2.35. The van der Waals surface area contributed by atoms with E-state index in [2.05, 4.69) is 133 Å². The number of nitrogens with zero attached hydrogens (tertiary/aromatic N) is 3. The summed E-state index contributed by atoms with van der Waals surface area (Å²) < 4.78 is 4.91. The lowest BCUT2D eigenvalue weighted by Gasteiger charge is -2.54. The molecule has 0 N–H and O–H groups in total. The summed E-state index contributed by atoms with van der Waals surface area (Å²) in [5.74, 6) is 0. The van der Waals surface area contributed by atoms with Gasteiger partial charge in [0.25, 0.3) is 0 Å². The summed E-state index contributed by atoms with van der Waals surface area (Å²) in [5.41, 5.74) is 1.26. The molecule has 0 amide bonds. The highest BCUT2D eigenvalue weighted by molar-refractivity contribution is 7.21. The zero-order chi connectivity index (χ0) is 23.3. The fraction of sp³-hybridized carbons (Fsp3) is 0.250. The first-order valence-electron chi connectivity index (χ1n) is 12.1. The molecule has 0 aliphatic heterocycles. The van der Waals surface area contributed by atoms with Crippen molar-refractivity contribution < 1.29 is 0 Å². The van der Waals surface area contributed by atoms with Crippen LogP contribution in [0.3, 0.4) is 0 Å². The Morgan fingerprint density at radius 1 is 0.667 bits per heavy atom. The average Bonchev–Trinajstić information content (AvgIpc) is 3.32. The number of hydrogen-bond donors (Lipinski definition) is 0. The molecule has 0 aliphatic carbocycles. The highest BCUT2D eigenvalue weighted by Gasteiger charge is 2.53. The zero-order valence-corrected chi connectivity index (χ0v) is 22.3. The first-order chi connectivity index (χ1) is 16.1. The Morgan fingerprint density at radius 3 is 1.36 bits per heavy atom. The topological polar surface area (TPSA) is 21.1 Å². The standard InChI is InChI=1S/C28H35N3Si2/c1-5-32(6-2,7-3)31(25-23-29-30(4)24-25)33(26-17-11-8-12-18-26,27-19-13-9-14-20-27)28-21-15-10-16-22-28/h8-24H,5-7H2,1-4H3. The Balaban J connectivity index is 2.20. The molecule has 0 spiro atoms. The van der Waals surface area contributed by atoms with Gasteiger partial charge in [-0.3, -0.25) is 4.68 Å². The molecule has 33 heavy (non-hydrogen) atoms. The summed E-state index contributed by atoms with van der Waals surface area (Å²) in [5, 5.41) is 8.96. The Bertz CT molecular complexity index is 1030. The van der Waals surface area contributed by atoms with Gasteiger partial charge in [0.15, 0.2) is 0 Å². The van der Waals surface area contributed by atoms with Crippen molar-refractivity contribution in [3.05, 3.63) is 103 Å². The predicted octanol–water partition coefficient (Wildman–Crippen LogP) is 4.90. The third kappa shape index (κ3) is 4.00. The summed E-state index contributed by atoms with van der Waals surface area (Å²) >= 11 is 0. The first kappa shape index (κ1) is 23.3. The second-order valence-corrected chi connectivity index (χ2v) is 17.9. The number of hydrogen-bond acceptors (Lipinski definition) is 2. The maximum atomic E-state index is 4.67. The van der Waals surface area contributed by atoms with Gasteiger partial charge in [-0.15, -0.1) is 0 Å². The molecule has 170 valence electrons. The summed E-state index contributed by atoms with van der Waals surface area (Å²) in [6, 6.07) is 37.4.